The average Bonchev–Trinajstić information content (AvgIpc) is 2.85. The summed E-state index contributed by atoms with van der Waals surface area (Å²) >= 11 is 0. The Morgan fingerprint density at radius 1 is 0.909 bits per heavy atom. The molecule has 0 atom stereocenters. The maximum atomic E-state index is 13.1. The number of aromatic nitrogens is 1. The van der Waals surface area contributed by atoms with Gasteiger partial charge in [0, 0.05) is 70.7 Å². The van der Waals surface area contributed by atoms with Crippen LogP contribution in [0.25, 0.3) is 0 Å². The summed E-state index contributed by atoms with van der Waals surface area (Å²) in [4.78, 5) is 29.7. The van der Waals surface area contributed by atoms with Gasteiger partial charge in [0.2, 0.25) is 5.91 Å². The summed E-state index contributed by atoms with van der Waals surface area (Å²) in [5, 5.41) is 0. The minimum Gasteiger partial charge on any atom is -0.370 e. The van der Waals surface area contributed by atoms with Crippen molar-refractivity contribution in [1.82, 2.24) is 14.8 Å². The molecule has 0 aliphatic carbocycles. The van der Waals surface area contributed by atoms with Crippen molar-refractivity contribution in [2.75, 3.05) is 68.7 Å². The van der Waals surface area contributed by atoms with Crippen LogP contribution in [-0.4, -0.2) is 85.6 Å². The van der Waals surface area contributed by atoms with Gasteiger partial charge in [-0.3, -0.25) is 9.79 Å². The van der Waals surface area contributed by atoms with Gasteiger partial charge in [0.25, 0.3) is 0 Å². The van der Waals surface area contributed by atoms with Gasteiger partial charge < -0.3 is 25.3 Å². The van der Waals surface area contributed by atoms with E-state index in [1.165, 1.54) is 12.1 Å². The van der Waals surface area contributed by atoms with Crippen LogP contribution in [0.2, 0.25) is 0 Å². The summed E-state index contributed by atoms with van der Waals surface area (Å²) in [7, 11) is 0. The van der Waals surface area contributed by atoms with Crippen LogP contribution in [-0.2, 0) is 4.79 Å². The molecule has 2 N–H and O–H groups in total. The fourth-order valence-electron chi connectivity index (χ4n) is 4.10. The molecule has 0 radical (unpaired) electrons. The molecule has 1 aromatic carbocycles. The van der Waals surface area contributed by atoms with Crippen molar-refractivity contribution in [2.24, 2.45) is 10.7 Å². The summed E-state index contributed by atoms with van der Waals surface area (Å²) in [6.07, 6.45) is 2.15. The first-order valence-electron chi connectivity index (χ1n) is 11.1. The highest BCUT2D eigenvalue weighted by molar-refractivity contribution is 14.0. The number of nitrogens with zero attached hydrogens (tertiary/aromatic N) is 6. The minimum absolute atomic E-state index is 0. The number of piperazine rings is 2. The van der Waals surface area contributed by atoms with E-state index >= 15 is 0 Å². The molecule has 2 fully saturated rings. The zero-order chi connectivity index (χ0) is 22.3. The highest BCUT2D eigenvalue weighted by Gasteiger charge is 2.22. The molecule has 178 valence electrons. The van der Waals surface area contributed by atoms with Crippen LogP contribution in [0.3, 0.4) is 0 Å². The lowest BCUT2D eigenvalue weighted by Gasteiger charge is -2.36. The zero-order valence-electron chi connectivity index (χ0n) is 18.6. The summed E-state index contributed by atoms with van der Waals surface area (Å²) in [6, 6.07) is 12.4. The molecule has 2 aromatic rings. The van der Waals surface area contributed by atoms with E-state index in [4.69, 9.17) is 5.73 Å². The Labute approximate surface area is 211 Å². The first-order valence-corrected chi connectivity index (χ1v) is 11.1. The predicted octanol–water partition coefficient (Wildman–Crippen LogP) is 2.01. The molecule has 10 heteroatoms. The standard InChI is InChI=1S/C23H30FN7O.HI/c24-19-4-6-20(7-5-19)28-11-17-31(18-12-28)23(25)27-10-8-22(32)30-15-13-29(14-16-30)21-3-1-2-9-26-21;/h1-7,9H,8,10-18H2,(H2,25,27);1H. The Balaban J connectivity index is 0.00000306. The monoisotopic (exact) mass is 567 g/mol. The molecule has 0 spiro atoms. The Kier molecular flexibility index (Phi) is 9.10. The lowest BCUT2D eigenvalue weighted by atomic mass is 10.2. The van der Waals surface area contributed by atoms with Crippen molar-refractivity contribution in [1.29, 1.82) is 0 Å². The fraction of sp³-hybridized carbons (Fsp3) is 0.435. The van der Waals surface area contributed by atoms with E-state index in [2.05, 4.69) is 19.8 Å². The largest absolute Gasteiger partial charge is 0.370 e. The molecular formula is C23H31FIN7O. The number of hydrogen-bond donors (Lipinski definition) is 1. The number of nitrogens with two attached hydrogens (primary N) is 1. The molecule has 1 aromatic heterocycles. The van der Waals surface area contributed by atoms with E-state index in [9.17, 15) is 9.18 Å². The van der Waals surface area contributed by atoms with E-state index in [1.54, 1.807) is 18.3 Å². The van der Waals surface area contributed by atoms with Gasteiger partial charge in [0.15, 0.2) is 5.96 Å². The van der Waals surface area contributed by atoms with Crippen molar-refractivity contribution >= 4 is 47.3 Å². The molecule has 2 aliphatic heterocycles. The van der Waals surface area contributed by atoms with Gasteiger partial charge in [0.05, 0.1) is 6.54 Å². The molecule has 8 nitrogen and oxygen atoms in total. The Morgan fingerprint density at radius 2 is 1.55 bits per heavy atom. The molecule has 2 saturated heterocycles. The average molecular weight is 567 g/mol. The van der Waals surface area contributed by atoms with Crippen LogP contribution >= 0.6 is 24.0 Å². The van der Waals surface area contributed by atoms with E-state index in [1.807, 2.05) is 28.0 Å². The van der Waals surface area contributed by atoms with Gasteiger partial charge in [-0.25, -0.2) is 9.37 Å². The molecule has 4 rings (SSSR count). The van der Waals surface area contributed by atoms with Crippen molar-refractivity contribution < 1.29 is 9.18 Å². The van der Waals surface area contributed by atoms with Gasteiger partial charge in [-0.15, -0.1) is 24.0 Å². The number of aliphatic imine (C=N–C) groups is 1. The number of rotatable bonds is 5. The van der Waals surface area contributed by atoms with Crippen molar-refractivity contribution in [3.05, 3.63) is 54.5 Å². The van der Waals surface area contributed by atoms with Gasteiger partial charge >= 0.3 is 0 Å². The minimum atomic E-state index is -0.228. The number of carbonyl (C=O) groups excluding carboxylic acids is 1. The number of benzene rings is 1. The molecule has 2 aliphatic rings. The van der Waals surface area contributed by atoms with Crippen LogP contribution < -0.4 is 15.5 Å². The smallest absolute Gasteiger partial charge is 0.224 e. The molecule has 1 amide bonds. The molecule has 33 heavy (non-hydrogen) atoms. The van der Waals surface area contributed by atoms with Crippen LogP contribution in [0, 0.1) is 5.82 Å². The summed E-state index contributed by atoms with van der Waals surface area (Å²) < 4.78 is 13.1. The van der Waals surface area contributed by atoms with Crippen LogP contribution in [0.1, 0.15) is 6.42 Å². The van der Waals surface area contributed by atoms with Gasteiger partial charge in [0.1, 0.15) is 11.6 Å². The molecule has 3 heterocycles. The first-order chi connectivity index (χ1) is 15.6. The Hall–Kier alpha value is -2.63. The maximum Gasteiger partial charge on any atom is 0.224 e. The van der Waals surface area contributed by atoms with Crippen LogP contribution in [0.4, 0.5) is 15.9 Å². The van der Waals surface area contributed by atoms with E-state index < -0.39 is 0 Å². The van der Waals surface area contributed by atoms with E-state index in [0.29, 0.717) is 32.0 Å². The maximum absolute atomic E-state index is 13.1. The fourth-order valence-corrected chi connectivity index (χ4v) is 4.10. The predicted molar refractivity (Wildman–Crippen MR) is 140 cm³/mol. The van der Waals surface area contributed by atoms with Crippen molar-refractivity contribution in [3.63, 3.8) is 0 Å². The Bertz CT molecular complexity index is 912. The lowest BCUT2D eigenvalue weighted by Crippen LogP contribution is -2.51. The van der Waals surface area contributed by atoms with E-state index in [-0.39, 0.29) is 35.7 Å². The van der Waals surface area contributed by atoms with Gasteiger partial charge in [-0.1, -0.05) is 6.07 Å². The summed E-state index contributed by atoms with van der Waals surface area (Å²) in [5.74, 6) is 1.32. The highest BCUT2D eigenvalue weighted by Crippen LogP contribution is 2.17. The molecule has 0 bridgehead atoms. The third-order valence-corrected chi connectivity index (χ3v) is 6.00. The Morgan fingerprint density at radius 3 is 2.18 bits per heavy atom. The third kappa shape index (κ3) is 6.68. The summed E-state index contributed by atoms with van der Waals surface area (Å²) in [5.41, 5.74) is 7.18. The van der Waals surface area contributed by atoms with Crippen LogP contribution in [0.5, 0.6) is 0 Å². The summed E-state index contributed by atoms with van der Waals surface area (Å²) in [6.45, 7) is 6.43. The number of halogens is 2. The normalized spacial score (nSPS) is 17.1. The molecule has 0 saturated carbocycles. The van der Waals surface area contributed by atoms with Crippen molar-refractivity contribution in [2.45, 2.75) is 6.42 Å². The number of carbonyl (C=O) groups is 1. The first kappa shape index (κ1) is 25.0. The SMILES string of the molecule is I.NC(=NCCC(=O)N1CCN(c2ccccn2)CC1)N1CCN(c2ccc(F)cc2)CC1. The highest BCUT2D eigenvalue weighted by atomic mass is 127. The number of anilines is 2. The molecule has 0 unspecified atom stereocenters. The zero-order valence-corrected chi connectivity index (χ0v) is 21.0. The van der Waals surface area contributed by atoms with Gasteiger partial charge in [-0.2, -0.15) is 0 Å². The topological polar surface area (TPSA) is 81.3 Å². The van der Waals surface area contributed by atoms with Gasteiger partial charge in [-0.05, 0) is 36.4 Å². The number of pyridine rings is 1. The second-order valence-electron chi connectivity index (χ2n) is 8.00. The number of guanidine groups is 1. The lowest BCUT2D eigenvalue weighted by molar-refractivity contribution is -0.131. The van der Waals surface area contributed by atoms with Crippen LogP contribution in [0.15, 0.2) is 53.7 Å². The number of amides is 1. The van der Waals surface area contributed by atoms with E-state index in [0.717, 1.165) is 50.8 Å². The molecular weight excluding hydrogens is 536 g/mol. The quantitative estimate of drug-likeness (QED) is 0.339. The second-order valence-corrected chi connectivity index (χ2v) is 8.00. The third-order valence-electron chi connectivity index (χ3n) is 6.00. The number of hydrogen-bond acceptors (Lipinski definition) is 5. The van der Waals surface area contributed by atoms with Crippen molar-refractivity contribution in [3.8, 4) is 0 Å². The second kappa shape index (κ2) is 12.0.